The minimum absolute atomic E-state index is 0.0456. The highest BCUT2D eigenvalue weighted by Gasteiger charge is 2.20. The number of phenols is 1. The maximum atomic E-state index is 13.2. The molecule has 2 aromatic rings. The molecule has 6 heteroatoms. The van der Waals surface area contributed by atoms with Crippen LogP contribution in [0.2, 0.25) is 0 Å². The standard InChI is InChI=1S/C28H28O6/c1-34-28-17-21(10-14-27(28)33)9-13-26(32)23(16-19-5-3-2-4-6-19)25(31)12-8-20-7-11-24(30)22(15-20)18-29/h2-8,10-12,14-15,18,21,30-31,33H,9,13,16-17H2,1H3/b12-8+,25-23-. The lowest BCUT2D eigenvalue weighted by molar-refractivity contribution is -0.116. The Labute approximate surface area is 198 Å². The Morgan fingerprint density at radius 2 is 1.91 bits per heavy atom. The van der Waals surface area contributed by atoms with Gasteiger partial charge in [0, 0.05) is 24.8 Å². The number of benzene rings is 2. The lowest BCUT2D eigenvalue weighted by Gasteiger charge is -2.19. The van der Waals surface area contributed by atoms with E-state index < -0.39 is 0 Å². The number of aromatic hydroxyl groups is 1. The molecule has 1 aliphatic rings. The summed E-state index contributed by atoms with van der Waals surface area (Å²) in [5.74, 6) is 0.201. The molecule has 6 nitrogen and oxygen atoms in total. The molecule has 0 radical (unpaired) electrons. The van der Waals surface area contributed by atoms with Gasteiger partial charge in [-0.3, -0.25) is 9.59 Å². The Bertz CT molecular complexity index is 1150. The first-order valence-corrected chi connectivity index (χ1v) is 11.0. The van der Waals surface area contributed by atoms with Gasteiger partial charge in [0.15, 0.2) is 17.8 Å². The topological polar surface area (TPSA) is 104 Å². The molecule has 1 aliphatic carbocycles. The Balaban J connectivity index is 1.79. The van der Waals surface area contributed by atoms with Crippen LogP contribution in [0.5, 0.6) is 5.75 Å². The fourth-order valence-electron chi connectivity index (χ4n) is 3.76. The van der Waals surface area contributed by atoms with E-state index in [9.17, 15) is 24.9 Å². The summed E-state index contributed by atoms with van der Waals surface area (Å²) in [5.41, 5.74) is 1.93. The van der Waals surface area contributed by atoms with Crippen molar-refractivity contribution in [2.24, 2.45) is 5.92 Å². The number of aldehydes is 1. The smallest absolute Gasteiger partial charge is 0.162 e. The number of allylic oxidation sites excluding steroid dienone is 5. The molecule has 0 heterocycles. The maximum Gasteiger partial charge on any atom is 0.162 e. The molecule has 0 saturated carbocycles. The van der Waals surface area contributed by atoms with Crippen molar-refractivity contribution in [3.63, 3.8) is 0 Å². The molecule has 1 unspecified atom stereocenters. The lowest BCUT2D eigenvalue weighted by Crippen LogP contribution is -2.13. The van der Waals surface area contributed by atoms with E-state index in [0.717, 1.165) is 5.56 Å². The van der Waals surface area contributed by atoms with Gasteiger partial charge in [0.1, 0.15) is 17.3 Å². The third kappa shape index (κ3) is 6.48. The van der Waals surface area contributed by atoms with E-state index >= 15 is 0 Å². The van der Waals surface area contributed by atoms with Gasteiger partial charge < -0.3 is 20.1 Å². The van der Waals surface area contributed by atoms with E-state index in [2.05, 4.69) is 0 Å². The Morgan fingerprint density at radius 1 is 1.15 bits per heavy atom. The highest BCUT2D eigenvalue weighted by atomic mass is 16.5. The van der Waals surface area contributed by atoms with E-state index in [1.165, 1.54) is 25.3 Å². The average molecular weight is 461 g/mol. The van der Waals surface area contributed by atoms with Crippen molar-refractivity contribution >= 4 is 18.1 Å². The van der Waals surface area contributed by atoms with Crippen LogP contribution in [0.25, 0.3) is 6.08 Å². The van der Waals surface area contributed by atoms with Crippen LogP contribution in [-0.2, 0) is 16.0 Å². The number of hydrogen-bond acceptors (Lipinski definition) is 6. The summed E-state index contributed by atoms with van der Waals surface area (Å²) in [5, 5.41) is 30.3. The molecular weight excluding hydrogens is 432 g/mol. The molecule has 3 rings (SSSR count). The molecule has 1 atom stereocenters. The Hall–Kier alpha value is -4.06. The van der Waals surface area contributed by atoms with Gasteiger partial charge in [0.25, 0.3) is 0 Å². The highest BCUT2D eigenvalue weighted by Crippen LogP contribution is 2.27. The van der Waals surface area contributed by atoms with Crippen molar-refractivity contribution in [1.29, 1.82) is 0 Å². The summed E-state index contributed by atoms with van der Waals surface area (Å²) >= 11 is 0. The number of carbonyl (C=O) groups is 2. The predicted molar refractivity (Wildman–Crippen MR) is 130 cm³/mol. The van der Waals surface area contributed by atoms with Crippen molar-refractivity contribution in [3.8, 4) is 5.75 Å². The van der Waals surface area contributed by atoms with E-state index in [1.54, 1.807) is 18.2 Å². The first kappa shape index (κ1) is 24.6. The molecule has 2 aromatic carbocycles. The van der Waals surface area contributed by atoms with Gasteiger partial charge in [-0.2, -0.15) is 0 Å². The third-order valence-electron chi connectivity index (χ3n) is 5.73. The number of hydrogen-bond donors (Lipinski definition) is 3. The van der Waals surface area contributed by atoms with Gasteiger partial charge in [-0.25, -0.2) is 0 Å². The van der Waals surface area contributed by atoms with Gasteiger partial charge in [-0.15, -0.1) is 0 Å². The molecular formula is C28H28O6. The Kier molecular flexibility index (Phi) is 8.46. The van der Waals surface area contributed by atoms with Crippen molar-refractivity contribution in [2.45, 2.75) is 25.7 Å². The molecule has 0 aliphatic heterocycles. The fourth-order valence-corrected chi connectivity index (χ4v) is 3.76. The Morgan fingerprint density at radius 3 is 2.62 bits per heavy atom. The zero-order valence-corrected chi connectivity index (χ0v) is 19.0. The minimum atomic E-state index is -0.170. The van der Waals surface area contributed by atoms with Crippen molar-refractivity contribution in [1.82, 2.24) is 0 Å². The second-order valence-electron chi connectivity index (χ2n) is 8.09. The lowest BCUT2D eigenvalue weighted by atomic mass is 9.90. The summed E-state index contributed by atoms with van der Waals surface area (Å²) in [4.78, 5) is 24.2. The van der Waals surface area contributed by atoms with Crippen molar-refractivity contribution in [3.05, 3.63) is 106 Å². The zero-order valence-electron chi connectivity index (χ0n) is 19.0. The molecule has 0 spiro atoms. The van der Waals surface area contributed by atoms with Gasteiger partial charge >= 0.3 is 0 Å². The highest BCUT2D eigenvalue weighted by molar-refractivity contribution is 5.96. The first-order chi connectivity index (χ1) is 16.4. The van der Waals surface area contributed by atoms with Crippen LogP contribution in [-0.4, -0.2) is 34.5 Å². The van der Waals surface area contributed by atoms with Gasteiger partial charge in [-0.1, -0.05) is 48.6 Å². The SMILES string of the molecule is COC1=C(O)C=CC(CCC(=O)/C(Cc2ccccc2)=C(O)/C=C/c2ccc(O)c(C=O)c2)C1. The summed E-state index contributed by atoms with van der Waals surface area (Å²) in [6.07, 6.45) is 8.57. The molecule has 0 fully saturated rings. The van der Waals surface area contributed by atoms with Crippen molar-refractivity contribution < 1.29 is 29.6 Å². The number of Topliss-reactive ketones (excluding diaryl/α,β-unsaturated/α-hetero) is 1. The molecule has 176 valence electrons. The second kappa shape index (κ2) is 11.7. The first-order valence-electron chi connectivity index (χ1n) is 11.0. The molecule has 0 amide bonds. The second-order valence-corrected chi connectivity index (χ2v) is 8.09. The average Bonchev–Trinajstić information content (AvgIpc) is 2.86. The summed E-state index contributed by atoms with van der Waals surface area (Å²) in [6, 6.07) is 13.9. The number of aliphatic hydroxyl groups is 2. The number of aliphatic hydroxyl groups excluding tert-OH is 2. The molecule has 0 saturated heterocycles. The monoisotopic (exact) mass is 460 g/mol. The minimum Gasteiger partial charge on any atom is -0.508 e. The number of methoxy groups -OCH3 is 1. The number of rotatable bonds is 10. The predicted octanol–water partition coefficient (Wildman–Crippen LogP) is 5.61. The molecule has 34 heavy (non-hydrogen) atoms. The molecule has 0 bridgehead atoms. The fraction of sp³-hybridized carbons (Fsp3) is 0.214. The number of ether oxygens (including phenoxy) is 1. The normalized spacial score (nSPS) is 16.4. The van der Waals surface area contributed by atoms with Crippen molar-refractivity contribution in [2.75, 3.05) is 7.11 Å². The zero-order chi connectivity index (χ0) is 24.5. The third-order valence-corrected chi connectivity index (χ3v) is 5.73. The van der Waals surface area contributed by atoms with Gasteiger partial charge in [-0.05, 0) is 47.8 Å². The molecule has 3 N–H and O–H groups in total. The number of carbonyl (C=O) groups excluding carboxylic acids is 2. The van der Waals surface area contributed by atoms with Crippen LogP contribution < -0.4 is 0 Å². The van der Waals surface area contributed by atoms with Crippen LogP contribution in [0.15, 0.2) is 89.6 Å². The largest absolute Gasteiger partial charge is 0.508 e. The maximum absolute atomic E-state index is 13.2. The number of ketones is 1. The van der Waals surface area contributed by atoms with E-state index in [-0.39, 0.29) is 47.4 Å². The van der Waals surface area contributed by atoms with E-state index in [4.69, 9.17) is 4.74 Å². The van der Waals surface area contributed by atoms with Crippen LogP contribution in [0, 0.1) is 5.92 Å². The molecule has 0 aromatic heterocycles. The quantitative estimate of drug-likeness (QED) is 0.184. The van der Waals surface area contributed by atoms with Gasteiger partial charge in [0.2, 0.25) is 0 Å². The summed E-state index contributed by atoms with van der Waals surface area (Å²) in [7, 11) is 1.50. The number of phenolic OH excluding ortho intramolecular Hbond substituents is 1. The van der Waals surface area contributed by atoms with Gasteiger partial charge in [0.05, 0.1) is 12.7 Å². The van der Waals surface area contributed by atoms with E-state index in [0.29, 0.717) is 36.0 Å². The van der Waals surface area contributed by atoms with Crippen LogP contribution >= 0.6 is 0 Å². The summed E-state index contributed by atoms with van der Waals surface area (Å²) < 4.78 is 5.20. The van der Waals surface area contributed by atoms with E-state index in [1.807, 2.05) is 36.4 Å². The van der Waals surface area contributed by atoms with Crippen LogP contribution in [0.4, 0.5) is 0 Å². The van der Waals surface area contributed by atoms with Crippen LogP contribution in [0.1, 0.15) is 40.7 Å². The summed E-state index contributed by atoms with van der Waals surface area (Å²) in [6.45, 7) is 0. The van der Waals surface area contributed by atoms with Crippen LogP contribution in [0.3, 0.4) is 0 Å².